The molecule has 0 amide bonds. The van der Waals surface area contributed by atoms with Gasteiger partial charge in [-0.3, -0.25) is 10.1 Å². The molecule has 1 aromatic carbocycles. The molecule has 0 aliphatic carbocycles. The molecule has 0 aliphatic heterocycles. The Balaban J connectivity index is 2.26. The topological polar surface area (TPSA) is 72.1 Å². The first-order chi connectivity index (χ1) is 8.25. The molecule has 2 aromatic heterocycles. The summed E-state index contributed by atoms with van der Waals surface area (Å²) in [6.45, 7) is 0. The Morgan fingerprint density at radius 3 is 2.82 bits per heavy atom. The number of furan rings is 1. The second-order valence-electron chi connectivity index (χ2n) is 3.66. The highest BCUT2D eigenvalue weighted by Crippen LogP contribution is 2.30. The maximum Gasteiger partial charge on any atom is 0.278 e. The van der Waals surface area contributed by atoms with Crippen molar-refractivity contribution in [2.24, 2.45) is 0 Å². The SMILES string of the molecule is O=[N+]([O-])c1cccc2[nH]c(-c3ccco3)cc12. The lowest BCUT2D eigenvalue weighted by Gasteiger charge is -1.91. The number of hydrogen-bond donors (Lipinski definition) is 1. The normalized spacial score (nSPS) is 10.8. The van der Waals surface area contributed by atoms with E-state index in [0.29, 0.717) is 11.1 Å². The average molecular weight is 228 g/mol. The van der Waals surface area contributed by atoms with Gasteiger partial charge in [-0.2, -0.15) is 0 Å². The summed E-state index contributed by atoms with van der Waals surface area (Å²) in [4.78, 5) is 13.6. The number of nitrogens with zero attached hydrogens (tertiary/aromatic N) is 1. The lowest BCUT2D eigenvalue weighted by Crippen LogP contribution is -1.87. The van der Waals surface area contributed by atoms with Crippen LogP contribution in [0.4, 0.5) is 5.69 Å². The van der Waals surface area contributed by atoms with Gasteiger partial charge >= 0.3 is 0 Å². The van der Waals surface area contributed by atoms with Crippen molar-refractivity contribution in [1.29, 1.82) is 0 Å². The lowest BCUT2D eigenvalue weighted by molar-refractivity contribution is -0.383. The zero-order valence-electron chi connectivity index (χ0n) is 8.71. The van der Waals surface area contributed by atoms with E-state index in [1.54, 1.807) is 36.6 Å². The Bertz CT molecular complexity index is 683. The second-order valence-corrected chi connectivity index (χ2v) is 3.66. The first-order valence-corrected chi connectivity index (χ1v) is 5.06. The number of hydrogen-bond acceptors (Lipinski definition) is 3. The summed E-state index contributed by atoms with van der Waals surface area (Å²) in [5, 5.41) is 11.5. The van der Waals surface area contributed by atoms with Crippen LogP contribution < -0.4 is 0 Å². The molecule has 84 valence electrons. The van der Waals surface area contributed by atoms with E-state index in [1.807, 2.05) is 0 Å². The number of fused-ring (bicyclic) bond motifs is 1. The molecular weight excluding hydrogens is 220 g/mol. The third kappa shape index (κ3) is 1.48. The highest BCUT2D eigenvalue weighted by molar-refractivity contribution is 5.92. The molecule has 17 heavy (non-hydrogen) atoms. The van der Waals surface area contributed by atoms with Crippen LogP contribution in [0.15, 0.2) is 47.1 Å². The molecule has 0 unspecified atom stereocenters. The summed E-state index contributed by atoms with van der Waals surface area (Å²) < 4.78 is 5.25. The predicted octanol–water partition coefficient (Wildman–Crippen LogP) is 3.34. The zero-order chi connectivity index (χ0) is 11.8. The molecule has 3 rings (SSSR count). The minimum Gasteiger partial charge on any atom is -0.463 e. The highest BCUT2D eigenvalue weighted by Gasteiger charge is 2.14. The van der Waals surface area contributed by atoms with Gasteiger partial charge in [0.15, 0.2) is 0 Å². The van der Waals surface area contributed by atoms with E-state index in [4.69, 9.17) is 4.42 Å². The van der Waals surface area contributed by atoms with Crippen molar-refractivity contribution in [2.45, 2.75) is 0 Å². The van der Waals surface area contributed by atoms with Crippen LogP contribution in [0, 0.1) is 10.1 Å². The van der Waals surface area contributed by atoms with Gasteiger partial charge in [0.05, 0.1) is 27.8 Å². The van der Waals surface area contributed by atoms with Crippen molar-refractivity contribution >= 4 is 16.6 Å². The Labute approximate surface area is 95.8 Å². The first-order valence-electron chi connectivity index (χ1n) is 5.06. The van der Waals surface area contributed by atoms with Crippen molar-refractivity contribution in [1.82, 2.24) is 4.98 Å². The molecule has 0 radical (unpaired) electrons. The van der Waals surface area contributed by atoms with E-state index in [9.17, 15) is 10.1 Å². The maximum absolute atomic E-state index is 10.9. The van der Waals surface area contributed by atoms with Crippen molar-refractivity contribution in [2.75, 3.05) is 0 Å². The fourth-order valence-electron chi connectivity index (χ4n) is 1.86. The summed E-state index contributed by atoms with van der Waals surface area (Å²) in [5.41, 5.74) is 1.56. The molecule has 0 saturated carbocycles. The van der Waals surface area contributed by atoms with Crippen LogP contribution in [-0.2, 0) is 0 Å². The molecule has 2 heterocycles. The number of non-ortho nitro benzene ring substituents is 1. The van der Waals surface area contributed by atoms with E-state index in [-0.39, 0.29) is 10.6 Å². The Morgan fingerprint density at radius 1 is 1.24 bits per heavy atom. The molecule has 5 nitrogen and oxygen atoms in total. The fraction of sp³-hybridized carbons (Fsp3) is 0. The largest absolute Gasteiger partial charge is 0.463 e. The number of nitro groups is 1. The fourth-order valence-corrected chi connectivity index (χ4v) is 1.86. The average Bonchev–Trinajstić information content (AvgIpc) is 2.96. The molecular formula is C12H8N2O3. The molecule has 0 bridgehead atoms. The number of benzene rings is 1. The number of aromatic amines is 1. The number of H-pyrrole nitrogens is 1. The molecule has 0 spiro atoms. The summed E-state index contributed by atoms with van der Waals surface area (Å²) in [6.07, 6.45) is 1.56. The van der Waals surface area contributed by atoms with E-state index in [1.165, 1.54) is 6.07 Å². The van der Waals surface area contributed by atoms with E-state index >= 15 is 0 Å². The Kier molecular flexibility index (Phi) is 1.98. The van der Waals surface area contributed by atoms with Gasteiger partial charge in [-0.25, -0.2) is 0 Å². The molecule has 0 aliphatic rings. The molecule has 0 fully saturated rings. The quantitative estimate of drug-likeness (QED) is 0.540. The Hall–Kier alpha value is -2.56. The van der Waals surface area contributed by atoms with E-state index < -0.39 is 0 Å². The summed E-state index contributed by atoms with van der Waals surface area (Å²) >= 11 is 0. The van der Waals surface area contributed by atoms with Crippen LogP contribution in [-0.4, -0.2) is 9.91 Å². The van der Waals surface area contributed by atoms with Crippen LogP contribution in [0.3, 0.4) is 0 Å². The maximum atomic E-state index is 10.9. The number of nitro benzene ring substituents is 1. The van der Waals surface area contributed by atoms with Gasteiger partial charge in [0, 0.05) is 6.07 Å². The zero-order valence-corrected chi connectivity index (χ0v) is 8.71. The van der Waals surface area contributed by atoms with Crippen LogP contribution in [0.2, 0.25) is 0 Å². The highest BCUT2D eigenvalue weighted by atomic mass is 16.6. The third-order valence-corrected chi connectivity index (χ3v) is 2.62. The molecule has 1 N–H and O–H groups in total. The first kappa shape index (κ1) is 9.65. The predicted molar refractivity (Wildman–Crippen MR) is 62.7 cm³/mol. The van der Waals surface area contributed by atoms with Crippen molar-refractivity contribution in [3.8, 4) is 11.5 Å². The smallest absolute Gasteiger partial charge is 0.278 e. The van der Waals surface area contributed by atoms with Gasteiger partial charge in [-0.1, -0.05) is 6.07 Å². The molecule has 5 heteroatoms. The molecule has 0 saturated heterocycles. The minimum atomic E-state index is -0.387. The third-order valence-electron chi connectivity index (χ3n) is 2.62. The van der Waals surface area contributed by atoms with Crippen LogP contribution in [0.5, 0.6) is 0 Å². The Morgan fingerprint density at radius 2 is 2.12 bits per heavy atom. The van der Waals surface area contributed by atoms with E-state index in [2.05, 4.69) is 4.98 Å². The molecule has 0 atom stereocenters. The van der Waals surface area contributed by atoms with E-state index in [0.717, 1.165) is 11.2 Å². The van der Waals surface area contributed by atoms with Crippen molar-refractivity contribution in [3.63, 3.8) is 0 Å². The number of nitrogens with one attached hydrogen (secondary N) is 1. The summed E-state index contributed by atoms with van der Waals surface area (Å²) in [7, 11) is 0. The van der Waals surface area contributed by atoms with Gasteiger partial charge in [0.1, 0.15) is 5.76 Å². The van der Waals surface area contributed by atoms with Crippen molar-refractivity contribution < 1.29 is 9.34 Å². The monoisotopic (exact) mass is 228 g/mol. The van der Waals surface area contributed by atoms with Crippen LogP contribution >= 0.6 is 0 Å². The van der Waals surface area contributed by atoms with Gasteiger partial charge < -0.3 is 9.40 Å². The van der Waals surface area contributed by atoms with Gasteiger partial charge in [0.2, 0.25) is 0 Å². The number of aromatic nitrogens is 1. The lowest BCUT2D eigenvalue weighted by atomic mass is 10.2. The van der Waals surface area contributed by atoms with Crippen LogP contribution in [0.25, 0.3) is 22.4 Å². The van der Waals surface area contributed by atoms with Crippen molar-refractivity contribution in [3.05, 3.63) is 52.8 Å². The molecule has 3 aromatic rings. The van der Waals surface area contributed by atoms with Gasteiger partial charge in [0.25, 0.3) is 5.69 Å². The summed E-state index contributed by atoms with van der Waals surface area (Å²) in [5.74, 6) is 0.662. The van der Waals surface area contributed by atoms with Crippen LogP contribution in [0.1, 0.15) is 0 Å². The standard InChI is InChI=1S/C12H8N2O3/c15-14(16)11-4-1-3-9-8(11)7-10(13-9)12-5-2-6-17-12/h1-7,13H. The van der Waals surface area contributed by atoms with Gasteiger partial charge in [-0.15, -0.1) is 0 Å². The second kappa shape index (κ2) is 3.48. The minimum absolute atomic E-state index is 0.0940. The number of rotatable bonds is 2. The van der Waals surface area contributed by atoms with Gasteiger partial charge in [-0.05, 0) is 24.3 Å². The summed E-state index contributed by atoms with van der Waals surface area (Å²) in [6, 6.07) is 10.2.